The summed E-state index contributed by atoms with van der Waals surface area (Å²) >= 11 is 0. The fourth-order valence-electron chi connectivity index (χ4n) is 4.77. The summed E-state index contributed by atoms with van der Waals surface area (Å²) in [7, 11) is 0. The summed E-state index contributed by atoms with van der Waals surface area (Å²) < 4.78 is 72.3. The van der Waals surface area contributed by atoms with Crippen LogP contribution in [0.15, 0.2) is 26.4 Å². The summed E-state index contributed by atoms with van der Waals surface area (Å²) in [4.78, 5) is 29.3. The zero-order valence-electron chi connectivity index (χ0n) is 20.8. The molecule has 0 radical (unpaired) electrons. The summed E-state index contributed by atoms with van der Waals surface area (Å²) in [6.07, 6.45) is -4.57. The molecule has 39 heavy (non-hydrogen) atoms. The first-order valence-electron chi connectivity index (χ1n) is 12.0. The molecule has 2 unspecified atom stereocenters. The molecule has 1 fully saturated rings. The van der Waals surface area contributed by atoms with E-state index in [2.05, 4.69) is 35.1 Å². The van der Waals surface area contributed by atoms with Crippen molar-refractivity contribution in [2.75, 3.05) is 6.61 Å². The van der Waals surface area contributed by atoms with Crippen molar-refractivity contribution in [1.29, 1.82) is 0 Å². The Morgan fingerprint density at radius 1 is 1.26 bits per heavy atom. The number of aliphatic hydroxyl groups excluding tert-OH is 1. The largest absolute Gasteiger partial charge is 0.523 e. The van der Waals surface area contributed by atoms with Gasteiger partial charge in [0.25, 0.3) is 5.91 Å². The summed E-state index contributed by atoms with van der Waals surface area (Å²) in [5.41, 5.74) is 0.226. The predicted molar refractivity (Wildman–Crippen MR) is 122 cm³/mol. The molecule has 4 rings (SSSR count). The van der Waals surface area contributed by atoms with Gasteiger partial charge in [0.05, 0.1) is 24.3 Å². The lowest BCUT2D eigenvalue weighted by Crippen LogP contribution is -2.53. The third-order valence-corrected chi connectivity index (χ3v) is 6.81. The Hall–Kier alpha value is -3.47. The summed E-state index contributed by atoms with van der Waals surface area (Å²) in [6, 6.07) is -1.81. The molecule has 12 nitrogen and oxygen atoms in total. The van der Waals surface area contributed by atoms with Gasteiger partial charge in [-0.05, 0) is 43.8 Å². The van der Waals surface area contributed by atoms with Crippen LogP contribution in [0, 0.1) is 12.8 Å². The number of carbonyl (C=O) groups excluding carboxylic acids is 2. The molecule has 17 heteroatoms. The van der Waals surface area contributed by atoms with Gasteiger partial charge in [-0.25, -0.2) is 18.4 Å². The lowest BCUT2D eigenvalue weighted by molar-refractivity contribution is -0.321. The van der Waals surface area contributed by atoms with Crippen LogP contribution >= 0.6 is 0 Å². The van der Waals surface area contributed by atoms with Crippen molar-refractivity contribution in [3.8, 4) is 0 Å². The Kier molecular flexibility index (Phi) is 8.02. The van der Waals surface area contributed by atoms with Crippen molar-refractivity contribution in [2.45, 2.75) is 76.2 Å². The SMILES string of the molecule is Cc1nonc1C(=O)N[C@@H](C1CCC(F)(F)CC1)C1N=C2C=C([C@@H](O)NC(=O)COC(F)(F)F)C=NN2C1C. The number of nitrogens with zero attached hydrogens (tertiary/aromatic N) is 5. The van der Waals surface area contributed by atoms with Crippen molar-refractivity contribution >= 4 is 23.9 Å². The Morgan fingerprint density at radius 2 is 1.95 bits per heavy atom. The number of fused-ring (bicyclic) bond motifs is 1. The van der Waals surface area contributed by atoms with Gasteiger partial charge in [-0.2, -0.15) is 5.10 Å². The number of aliphatic imine (C=N–C) groups is 1. The van der Waals surface area contributed by atoms with E-state index in [1.54, 1.807) is 6.92 Å². The number of alkyl halides is 5. The lowest BCUT2D eigenvalue weighted by atomic mass is 9.78. The fourth-order valence-corrected chi connectivity index (χ4v) is 4.77. The number of aryl methyl sites for hydroxylation is 1. The van der Waals surface area contributed by atoms with Crippen LogP contribution in [0.3, 0.4) is 0 Å². The Bertz CT molecular complexity index is 1170. The zero-order valence-corrected chi connectivity index (χ0v) is 20.8. The highest BCUT2D eigenvalue weighted by molar-refractivity contribution is 6.03. The second-order valence-corrected chi connectivity index (χ2v) is 9.55. The van der Waals surface area contributed by atoms with Crippen molar-refractivity contribution in [3.63, 3.8) is 0 Å². The number of amidine groups is 1. The van der Waals surface area contributed by atoms with Crippen molar-refractivity contribution in [3.05, 3.63) is 23.0 Å². The van der Waals surface area contributed by atoms with Gasteiger partial charge < -0.3 is 15.7 Å². The minimum absolute atomic E-state index is 0.0281. The number of aliphatic hydroxyl groups is 1. The minimum Gasteiger partial charge on any atom is -0.369 e. The molecular weight excluding hydrogens is 537 g/mol. The second kappa shape index (κ2) is 11.0. The number of hydrogen-bond donors (Lipinski definition) is 3. The molecule has 1 aromatic rings. The van der Waals surface area contributed by atoms with E-state index in [1.807, 2.05) is 5.32 Å². The second-order valence-electron chi connectivity index (χ2n) is 9.55. The number of amides is 2. The number of halogens is 5. The Morgan fingerprint density at radius 3 is 2.56 bits per heavy atom. The van der Waals surface area contributed by atoms with Crippen molar-refractivity contribution in [1.82, 2.24) is 26.0 Å². The van der Waals surface area contributed by atoms with E-state index < -0.39 is 55.1 Å². The molecule has 2 amide bonds. The standard InChI is InChI=1S/C22H26F5N7O5/c1-10-16(33-39-32-10)20(37)31-18(12-3-5-21(23,24)6-4-12)17-11(2)34-14(29-17)7-13(8-28-34)19(36)30-15(35)9-38-22(25,26)27/h7-8,11-12,17-19,36H,3-6,9H2,1-2H3,(H,30,35)(H,31,37)/t11?,17?,18-,19+/m0/s1. The first-order chi connectivity index (χ1) is 18.2. The molecule has 3 aliphatic rings. The quantitative estimate of drug-likeness (QED) is 0.319. The van der Waals surface area contributed by atoms with Crippen LogP contribution in [-0.2, 0) is 9.53 Å². The average Bonchev–Trinajstić information content (AvgIpc) is 3.43. The predicted octanol–water partition coefficient (Wildman–Crippen LogP) is 1.67. The molecule has 1 aromatic heterocycles. The highest BCUT2D eigenvalue weighted by atomic mass is 19.4. The van der Waals surface area contributed by atoms with Gasteiger partial charge in [0, 0.05) is 18.4 Å². The van der Waals surface area contributed by atoms with Gasteiger partial charge in [-0.15, -0.1) is 13.2 Å². The number of aromatic nitrogens is 2. The van der Waals surface area contributed by atoms with Gasteiger partial charge in [0.2, 0.25) is 11.8 Å². The minimum atomic E-state index is -5.01. The van der Waals surface area contributed by atoms with Gasteiger partial charge in [-0.1, -0.05) is 5.16 Å². The topological polar surface area (TPSA) is 155 Å². The van der Waals surface area contributed by atoms with Gasteiger partial charge in [-0.3, -0.25) is 19.3 Å². The molecule has 3 heterocycles. The van der Waals surface area contributed by atoms with Gasteiger partial charge >= 0.3 is 6.36 Å². The highest BCUT2D eigenvalue weighted by Gasteiger charge is 2.46. The summed E-state index contributed by atoms with van der Waals surface area (Å²) in [5.74, 6) is -4.73. The van der Waals surface area contributed by atoms with Crippen LogP contribution in [0.2, 0.25) is 0 Å². The average molecular weight is 563 g/mol. The normalized spacial score (nSPS) is 24.5. The first kappa shape index (κ1) is 28.5. The molecule has 4 atom stereocenters. The van der Waals surface area contributed by atoms with E-state index in [-0.39, 0.29) is 54.4 Å². The van der Waals surface area contributed by atoms with Crippen LogP contribution < -0.4 is 10.6 Å². The van der Waals surface area contributed by atoms with E-state index in [0.717, 1.165) is 0 Å². The Balaban J connectivity index is 1.52. The van der Waals surface area contributed by atoms with Crippen molar-refractivity contribution in [2.24, 2.45) is 16.0 Å². The Labute approximate surface area is 218 Å². The maximum Gasteiger partial charge on any atom is 0.523 e. The number of carbonyl (C=O) groups is 2. The number of hydrogen-bond acceptors (Lipinski definition) is 10. The molecule has 0 aromatic carbocycles. The number of rotatable bonds is 8. The third-order valence-electron chi connectivity index (χ3n) is 6.81. The number of nitrogens with one attached hydrogen (secondary N) is 2. The molecule has 0 bridgehead atoms. The molecule has 0 saturated heterocycles. The number of hydrazone groups is 1. The van der Waals surface area contributed by atoms with E-state index in [9.17, 15) is 36.6 Å². The molecule has 2 aliphatic heterocycles. The maximum absolute atomic E-state index is 13.9. The molecule has 3 N–H and O–H groups in total. The summed E-state index contributed by atoms with van der Waals surface area (Å²) in [6.45, 7) is 1.95. The van der Waals surface area contributed by atoms with Gasteiger partial charge in [0.1, 0.15) is 18.1 Å². The molecule has 1 aliphatic carbocycles. The van der Waals surface area contributed by atoms with Crippen LogP contribution in [0.1, 0.15) is 48.8 Å². The smallest absolute Gasteiger partial charge is 0.369 e. The highest BCUT2D eigenvalue weighted by Crippen LogP contribution is 2.40. The van der Waals surface area contributed by atoms with E-state index >= 15 is 0 Å². The van der Waals surface area contributed by atoms with Crippen LogP contribution in [-0.4, -0.2) is 87.5 Å². The van der Waals surface area contributed by atoms with E-state index in [0.29, 0.717) is 0 Å². The van der Waals surface area contributed by atoms with Crippen LogP contribution in [0.5, 0.6) is 0 Å². The fraction of sp³-hybridized carbons (Fsp3) is 0.636. The lowest BCUT2D eigenvalue weighted by Gasteiger charge is -2.37. The zero-order chi connectivity index (χ0) is 28.5. The van der Waals surface area contributed by atoms with Gasteiger partial charge in [0.15, 0.2) is 11.9 Å². The van der Waals surface area contributed by atoms with E-state index in [4.69, 9.17) is 0 Å². The monoisotopic (exact) mass is 563 g/mol. The van der Waals surface area contributed by atoms with Crippen LogP contribution in [0.4, 0.5) is 22.0 Å². The molecule has 1 saturated carbocycles. The molecular formula is C22H26F5N7O5. The number of ether oxygens (including phenoxy) is 1. The molecule has 214 valence electrons. The first-order valence-corrected chi connectivity index (χ1v) is 12.0. The third kappa shape index (κ3) is 6.76. The van der Waals surface area contributed by atoms with E-state index in [1.165, 1.54) is 24.2 Å². The molecule has 0 spiro atoms. The van der Waals surface area contributed by atoms with Crippen molar-refractivity contribution < 1.29 is 46.0 Å². The summed E-state index contributed by atoms with van der Waals surface area (Å²) in [5, 5.41) is 28.0. The van der Waals surface area contributed by atoms with Crippen LogP contribution in [0.25, 0.3) is 0 Å². The maximum atomic E-state index is 13.9.